The van der Waals surface area contributed by atoms with Gasteiger partial charge in [0.2, 0.25) is 5.91 Å². The molecule has 0 radical (unpaired) electrons. The van der Waals surface area contributed by atoms with E-state index in [1.807, 2.05) is 67.8 Å². The zero-order valence-electron chi connectivity index (χ0n) is 18.9. The Morgan fingerprint density at radius 1 is 1.06 bits per heavy atom. The summed E-state index contributed by atoms with van der Waals surface area (Å²) in [5.41, 5.74) is 4.00. The van der Waals surface area contributed by atoms with Crippen molar-refractivity contribution in [2.75, 3.05) is 5.32 Å². The quantitative estimate of drug-likeness (QED) is 0.262. The fourth-order valence-electron chi connectivity index (χ4n) is 3.46. The summed E-state index contributed by atoms with van der Waals surface area (Å²) in [6.07, 6.45) is 16.0. The van der Waals surface area contributed by atoms with Gasteiger partial charge >= 0.3 is 0 Å². The Balaban J connectivity index is 2.37. The van der Waals surface area contributed by atoms with E-state index in [4.69, 9.17) is 11.6 Å². The predicted octanol–water partition coefficient (Wildman–Crippen LogP) is 8.20. The fraction of sp³-hybridized carbons (Fsp3) is 0.143. The Kier molecular flexibility index (Phi) is 10.5. The van der Waals surface area contributed by atoms with Gasteiger partial charge < -0.3 is 5.32 Å². The van der Waals surface area contributed by atoms with E-state index in [-0.39, 0.29) is 18.2 Å². The first-order valence-electron chi connectivity index (χ1n) is 10.5. The molecule has 170 valence electrons. The highest BCUT2D eigenvalue weighted by molar-refractivity contribution is 7.15. The average molecular weight is 478 g/mol. The molecule has 1 heterocycles. The number of carbonyl (C=O) groups is 2. The van der Waals surface area contributed by atoms with E-state index in [2.05, 4.69) is 18.5 Å². The molecule has 0 aliphatic carbocycles. The van der Waals surface area contributed by atoms with Crippen molar-refractivity contribution >= 4 is 40.1 Å². The van der Waals surface area contributed by atoms with E-state index in [0.29, 0.717) is 15.6 Å². The molecule has 1 aromatic carbocycles. The van der Waals surface area contributed by atoms with Crippen molar-refractivity contribution in [2.24, 2.45) is 5.92 Å². The minimum Gasteiger partial charge on any atom is -0.317 e. The molecule has 3 nitrogen and oxygen atoms in total. The first-order chi connectivity index (χ1) is 16.0. The number of hydrogen-bond acceptors (Lipinski definition) is 3. The Morgan fingerprint density at radius 2 is 1.64 bits per heavy atom. The molecule has 1 N–H and O–H groups in total. The van der Waals surface area contributed by atoms with Crippen LogP contribution in [0.5, 0.6) is 0 Å². The Morgan fingerprint density at radius 3 is 2.12 bits per heavy atom. The lowest BCUT2D eigenvalue weighted by atomic mass is 9.86. The standard InChI is InChI=1S/C28H28ClNO2S/c1-5-9-20(10-6-2)24(21(11-7-3)12-8-4)17-27(32)30-28-25(18-31)26(19-33-28)22-13-15-23(29)16-14-22/h5-16,18-19,24H,1,3,17H2,2,4H3,(H,30,32)/b10-6-,12-8-,20-9+,21-11+. The molecule has 0 aliphatic rings. The summed E-state index contributed by atoms with van der Waals surface area (Å²) in [5, 5.41) is 5.95. The van der Waals surface area contributed by atoms with Gasteiger partial charge in [-0.15, -0.1) is 11.3 Å². The molecule has 1 amide bonds. The topological polar surface area (TPSA) is 46.2 Å². The Labute approximate surface area is 205 Å². The molecule has 0 saturated heterocycles. The highest BCUT2D eigenvalue weighted by Crippen LogP contribution is 2.35. The lowest BCUT2D eigenvalue weighted by molar-refractivity contribution is -0.116. The molecule has 0 spiro atoms. The number of halogens is 1. The van der Waals surface area contributed by atoms with Gasteiger partial charge in [-0.2, -0.15) is 0 Å². The summed E-state index contributed by atoms with van der Waals surface area (Å²) in [5.74, 6) is -0.393. The predicted molar refractivity (Wildman–Crippen MR) is 143 cm³/mol. The van der Waals surface area contributed by atoms with Gasteiger partial charge in [0.15, 0.2) is 6.29 Å². The number of thiophene rings is 1. The Hall–Kier alpha value is -3.21. The van der Waals surface area contributed by atoms with Gasteiger partial charge in [0, 0.05) is 28.3 Å². The first-order valence-corrected chi connectivity index (χ1v) is 11.8. The fourth-order valence-corrected chi connectivity index (χ4v) is 4.54. The number of nitrogens with one attached hydrogen (secondary N) is 1. The van der Waals surface area contributed by atoms with Crippen molar-refractivity contribution in [3.05, 3.63) is 113 Å². The SMILES string of the molecule is C=C/C=C(\C=C/C)C(CC(=O)Nc1scc(-c2ccc(Cl)cc2)c1C=O)C(/C=C\C)=C/C=C. The largest absolute Gasteiger partial charge is 0.317 e. The second-order valence-corrected chi connectivity index (χ2v) is 8.44. The average Bonchev–Trinajstić information content (AvgIpc) is 3.20. The third kappa shape index (κ3) is 7.14. The number of allylic oxidation sites excluding steroid dienone is 10. The second kappa shape index (κ2) is 13.4. The van der Waals surface area contributed by atoms with Gasteiger partial charge in [0.05, 0.1) is 5.56 Å². The maximum absolute atomic E-state index is 13.1. The number of carbonyl (C=O) groups excluding carboxylic acids is 2. The van der Waals surface area contributed by atoms with Crippen LogP contribution in [0.3, 0.4) is 0 Å². The van der Waals surface area contributed by atoms with Crippen LogP contribution in [0.15, 0.2) is 103 Å². The maximum atomic E-state index is 13.1. The normalized spacial score (nSPS) is 13.3. The lowest BCUT2D eigenvalue weighted by Gasteiger charge is -2.20. The van der Waals surface area contributed by atoms with Crippen LogP contribution < -0.4 is 5.32 Å². The van der Waals surface area contributed by atoms with E-state index in [9.17, 15) is 9.59 Å². The van der Waals surface area contributed by atoms with Crippen LogP contribution in [-0.4, -0.2) is 12.2 Å². The van der Waals surface area contributed by atoms with E-state index >= 15 is 0 Å². The highest BCUT2D eigenvalue weighted by atomic mass is 35.5. The summed E-state index contributed by atoms with van der Waals surface area (Å²) in [6, 6.07) is 7.25. The van der Waals surface area contributed by atoms with Crippen LogP contribution in [0.4, 0.5) is 5.00 Å². The molecule has 2 aromatic rings. The van der Waals surface area contributed by atoms with Crippen LogP contribution in [0.2, 0.25) is 5.02 Å². The molecular formula is C28H28ClNO2S. The first kappa shape index (κ1) is 26.0. The summed E-state index contributed by atoms with van der Waals surface area (Å²) >= 11 is 7.31. The van der Waals surface area contributed by atoms with Crippen molar-refractivity contribution < 1.29 is 9.59 Å². The van der Waals surface area contributed by atoms with Crippen LogP contribution in [0.1, 0.15) is 30.6 Å². The smallest absolute Gasteiger partial charge is 0.225 e. The third-order valence-electron chi connectivity index (χ3n) is 4.89. The number of amides is 1. The molecular weight excluding hydrogens is 450 g/mol. The zero-order valence-corrected chi connectivity index (χ0v) is 20.5. The molecule has 0 unspecified atom stereocenters. The number of anilines is 1. The van der Waals surface area contributed by atoms with Crippen molar-refractivity contribution in [1.29, 1.82) is 0 Å². The molecule has 0 aliphatic heterocycles. The number of rotatable bonds is 11. The van der Waals surface area contributed by atoms with Gasteiger partial charge in [-0.1, -0.05) is 85.5 Å². The molecule has 0 fully saturated rings. The van der Waals surface area contributed by atoms with Crippen molar-refractivity contribution in [2.45, 2.75) is 20.3 Å². The Bertz CT molecular complexity index is 1080. The highest BCUT2D eigenvalue weighted by Gasteiger charge is 2.21. The molecule has 0 saturated carbocycles. The van der Waals surface area contributed by atoms with Gasteiger partial charge in [0.1, 0.15) is 5.00 Å². The van der Waals surface area contributed by atoms with Crippen LogP contribution in [0.25, 0.3) is 11.1 Å². The monoisotopic (exact) mass is 477 g/mol. The number of benzene rings is 1. The minimum atomic E-state index is -0.205. The van der Waals surface area contributed by atoms with Gasteiger partial charge in [0.25, 0.3) is 0 Å². The van der Waals surface area contributed by atoms with Gasteiger partial charge in [-0.05, 0) is 42.7 Å². The summed E-state index contributed by atoms with van der Waals surface area (Å²) in [4.78, 5) is 25.0. The van der Waals surface area contributed by atoms with E-state index < -0.39 is 0 Å². The van der Waals surface area contributed by atoms with Crippen molar-refractivity contribution in [3.63, 3.8) is 0 Å². The summed E-state index contributed by atoms with van der Waals surface area (Å²) in [7, 11) is 0. The van der Waals surface area contributed by atoms with Gasteiger partial charge in [-0.3, -0.25) is 9.59 Å². The molecule has 5 heteroatoms. The summed E-state index contributed by atoms with van der Waals surface area (Å²) < 4.78 is 0. The van der Waals surface area contributed by atoms with Crippen molar-refractivity contribution in [3.8, 4) is 11.1 Å². The molecule has 0 atom stereocenters. The molecule has 0 bridgehead atoms. The third-order valence-corrected chi connectivity index (χ3v) is 6.05. The molecule has 1 aromatic heterocycles. The van der Waals surface area contributed by atoms with Crippen LogP contribution in [-0.2, 0) is 4.79 Å². The van der Waals surface area contributed by atoms with Crippen molar-refractivity contribution in [1.82, 2.24) is 0 Å². The number of hydrogen-bond donors (Lipinski definition) is 1. The lowest BCUT2D eigenvalue weighted by Crippen LogP contribution is -2.19. The van der Waals surface area contributed by atoms with E-state index in [1.165, 1.54) is 11.3 Å². The zero-order chi connectivity index (χ0) is 24.2. The molecule has 33 heavy (non-hydrogen) atoms. The second-order valence-electron chi connectivity index (χ2n) is 7.13. The van der Waals surface area contributed by atoms with Gasteiger partial charge in [-0.25, -0.2) is 0 Å². The summed E-state index contributed by atoms with van der Waals surface area (Å²) in [6.45, 7) is 11.5. The maximum Gasteiger partial charge on any atom is 0.225 e. The van der Waals surface area contributed by atoms with Crippen LogP contribution in [0, 0.1) is 5.92 Å². The van der Waals surface area contributed by atoms with E-state index in [0.717, 1.165) is 28.6 Å². The number of aldehydes is 1. The minimum absolute atomic E-state index is 0.188. The van der Waals surface area contributed by atoms with Crippen LogP contribution >= 0.6 is 22.9 Å². The molecule has 2 rings (SSSR count). The van der Waals surface area contributed by atoms with E-state index in [1.54, 1.807) is 24.3 Å².